The zero-order valence-corrected chi connectivity index (χ0v) is 10.6. The van der Waals surface area contributed by atoms with E-state index in [1.165, 1.54) is 4.57 Å². The summed E-state index contributed by atoms with van der Waals surface area (Å²) in [5.41, 5.74) is 0.823. The van der Waals surface area contributed by atoms with E-state index in [2.05, 4.69) is 10.3 Å². The third kappa shape index (κ3) is 2.04. The molecule has 100 valence electrons. The number of nitrogens with zero attached hydrogens (tertiary/aromatic N) is 1. The zero-order chi connectivity index (χ0) is 13.4. The number of aromatic amines is 1. The number of carbonyl (C=O) groups excluding carboxylic acids is 1. The van der Waals surface area contributed by atoms with E-state index < -0.39 is 0 Å². The SMILES string of the molecule is Cn1cc(C(=O)N[C@H]2CCOC2)c2cc[nH]c2c1=O. The van der Waals surface area contributed by atoms with E-state index in [4.69, 9.17) is 4.74 Å². The summed E-state index contributed by atoms with van der Waals surface area (Å²) in [6.07, 6.45) is 4.07. The van der Waals surface area contributed by atoms with Crippen molar-refractivity contribution in [2.75, 3.05) is 13.2 Å². The number of H-pyrrole nitrogens is 1. The maximum atomic E-state index is 12.3. The summed E-state index contributed by atoms with van der Waals surface area (Å²) in [5, 5.41) is 3.58. The number of carbonyl (C=O) groups is 1. The molecule has 2 aromatic heterocycles. The van der Waals surface area contributed by atoms with Crippen LogP contribution in [0, 0.1) is 0 Å². The Bertz CT molecular complexity index is 680. The van der Waals surface area contributed by atoms with Gasteiger partial charge >= 0.3 is 0 Å². The molecule has 1 aliphatic heterocycles. The van der Waals surface area contributed by atoms with E-state index in [0.29, 0.717) is 29.7 Å². The summed E-state index contributed by atoms with van der Waals surface area (Å²) < 4.78 is 6.65. The lowest BCUT2D eigenvalue weighted by Gasteiger charge is -2.12. The molecule has 0 unspecified atom stereocenters. The van der Waals surface area contributed by atoms with Crippen molar-refractivity contribution >= 4 is 16.8 Å². The highest BCUT2D eigenvalue weighted by Crippen LogP contribution is 2.15. The average molecular weight is 261 g/mol. The van der Waals surface area contributed by atoms with Gasteiger partial charge in [-0.25, -0.2) is 0 Å². The van der Waals surface area contributed by atoms with E-state index in [0.717, 1.165) is 6.42 Å². The first-order chi connectivity index (χ1) is 9.16. The van der Waals surface area contributed by atoms with Crippen LogP contribution in [0.25, 0.3) is 10.9 Å². The summed E-state index contributed by atoms with van der Waals surface area (Å²) in [6, 6.07) is 1.80. The molecule has 19 heavy (non-hydrogen) atoms. The van der Waals surface area contributed by atoms with Gasteiger partial charge in [0, 0.05) is 31.4 Å². The molecule has 6 heteroatoms. The summed E-state index contributed by atoms with van der Waals surface area (Å²) in [7, 11) is 1.64. The van der Waals surface area contributed by atoms with E-state index in [1.807, 2.05) is 0 Å². The molecule has 0 radical (unpaired) electrons. The fourth-order valence-corrected chi connectivity index (χ4v) is 2.36. The van der Waals surface area contributed by atoms with Gasteiger partial charge in [-0.1, -0.05) is 0 Å². The highest BCUT2D eigenvalue weighted by Gasteiger charge is 2.21. The number of aryl methyl sites for hydroxylation is 1. The number of aromatic nitrogens is 2. The molecule has 1 fully saturated rings. The first kappa shape index (κ1) is 12.0. The van der Waals surface area contributed by atoms with Gasteiger partial charge in [0.2, 0.25) is 0 Å². The third-order valence-corrected chi connectivity index (χ3v) is 3.40. The van der Waals surface area contributed by atoms with Gasteiger partial charge in [-0.05, 0) is 12.5 Å². The Kier molecular flexibility index (Phi) is 2.87. The molecule has 2 N–H and O–H groups in total. The van der Waals surface area contributed by atoms with Crippen molar-refractivity contribution in [2.24, 2.45) is 7.05 Å². The minimum absolute atomic E-state index is 0.0544. The number of hydrogen-bond acceptors (Lipinski definition) is 3. The Labute approximate surface area is 109 Å². The second-order valence-electron chi connectivity index (χ2n) is 4.76. The average Bonchev–Trinajstić information content (AvgIpc) is 3.04. The number of amides is 1. The van der Waals surface area contributed by atoms with Gasteiger partial charge in [0.1, 0.15) is 5.52 Å². The standard InChI is InChI=1S/C13H15N3O3/c1-16-6-10(9-2-4-14-11(9)13(16)18)12(17)15-8-3-5-19-7-8/h2,4,6,8,14H,3,5,7H2,1H3,(H,15,17)/t8-/m0/s1. The molecule has 0 bridgehead atoms. The van der Waals surface area contributed by atoms with Gasteiger partial charge in [0.15, 0.2) is 0 Å². The molecule has 6 nitrogen and oxygen atoms in total. The smallest absolute Gasteiger partial charge is 0.274 e. The lowest BCUT2D eigenvalue weighted by atomic mass is 10.1. The van der Waals surface area contributed by atoms with Gasteiger partial charge < -0.3 is 19.6 Å². The Morgan fingerprint density at radius 1 is 1.58 bits per heavy atom. The van der Waals surface area contributed by atoms with Gasteiger partial charge in [0.25, 0.3) is 11.5 Å². The van der Waals surface area contributed by atoms with Crippen molar-refractivity contribution in [3.63, 3.8) is 0 Å². The molecule has 1 saturated heterocycles. The van der Waals surface area contributed by atoms with Crippen LogP contribution >= 0.6 is 0 Å². The van der Waals surface area contributed by atoms with E-state index >= 15 is 0 Å². The molecule has 1 aliphatic rings. The quantitative estimate of drug-likeness (QED) is 0.821. The largest absolute Gasteiger partial charge is 0.379 e. The predicted molar refractivity (Wildman–Crippen MR) is 70.2 cm³/mol. The fraction of sp³-hybridized carbons (Fsp3) is 0.385. The number of pyridine rings is 1. The van der Waals surface area contributed by atoms with Crippen molar-refractivity contribution in [2.45, 2.75) is 12.5 Å². The fourth-order valence-electron chi connectivity index (χ4n) is 2.36. The molecule has 0 aromatic carbocycles. The number of rotatable bonds is 2. The minimum atomic E-state index is -0.171. The van der Waals surface area contributed by atoms with Crippen molar-refractivity contribution < 1.29 is 9.53 Å². The Balaban J connectivity index is 1.99. The van der Waals surface area contributed by atoms with Crippen molar-refractivity contribution in [1.82, 2.24) is 14.9 Å². The highest BCUT2D eigenvalue weighted by atomic mass is 16.5. The lowest BCUT2D eigenvalue weighted by molar-refractivity contribution is 0.0931. The van der Waals surface area contributed by atoms with Crippen LogP contribution in [-0.4, -0.2) is 34.7 Å². The number of nitrogens with one attached hydrogen (secondary N) is 2. The van der Waals surface area contributed by atoms with Gasteiger partial charge in [0.05, 0.1) is 18.2 Å². The third-order valence-electron chi connectivity index (χ3n) is 3.40. The van der Waals surface area contributed by atoms with Gasteiger partial charge in [-0.2, -0.15) is 0 Å². The summed E-state index contributed by atoms with van der Waals surface area (Å²) >= 11 is 0. The number of ether oxygens (including phenoxy) is 1. The van der Waals surface area contributed by atoms with E-state index in [9.17, 15) is 9.59 Å². The molecular formula is C13H15N3O3. The molecule has 3 rings (SSSR count). The van der Waals surface area contributed by atoms with Crippen molar-refractivity contribution in [3.05, 3.63) is 34.4 Å². The molecule has 3 heterocycles. The Morgan fingerprint density at radius 3 is 3.16 bits per heavy atom. The molecule has 2 aromatic rings. The molecular weight excluding hydrogens is 246 g/mol. The van der Waals surface area contributed by atoms with Gasteiger partial charge in [-0.15, -0.1) is 0 Å². The maximum Gasteiger partial charge on any atom is 0.274 e. The van der Waals surface area contributed by atoms with Crippen LogP contribution in [0.4, 0.5) is 0 Å². The van der Waals surface area contributed by atoms with Crippen LogP contribution in [0.1, 0.15) is 16.8 Å². The van der Waals surface area contributed by atoms with Crippen LogP contribution in [0.15, 0.2) is 23.3 Å². The molecule has 0 spiro atoms. The summed E-state index contributed by atoms with van der Waals surface area (Å²) in [6.45, 7) is 1.23. The van der Waals surface area contributed by atoms with Crippen LogP contribution < -0.4 is 10.9 Å². The Hall–Kier alpha value is -2.08. The van der Waals surface area contributed by atoms with Gasteiger partial charge in [-0.3, -0.25) is 9.59 Å². The molecule has 0 saturated carbocycles. The highest BCUT2D eigenvalue weighted by molar-refractivity contribution is 6.06. The van der Waals surface area contributed by atoms with Crippen LogP contribution in [0.2, 0.25) is 0 Å². The van der Waals surface area contributed by atoms with E-state index in [1.54, 1.807) is 25.5 Å². The first-order valence-corrected chi connectivity index (χ1v) is 6.22. The normalized spacial score (nSPS) is 18.9. The second kappa shape index (κ2) is 4.55. The number of fused-ring (bicyclic) bond motifs is 1. The van der Waals surface area contributed by atoms with Crippen LogP contribution in [-0.2, 0) is 11.8 Å². The summed E-state index contributed by atoms with van der Waals surface area (Å²) in [4.78, 5) is 27.0. The van der Waals surface area contributed by atoms with Crippen molar-refractivity contribution in [1.29, 1.82) is 0 Å². The Morgan fingerprint density at radius 2 is 2.42 bits per heavy atom. The zero-order valence-electron chi connectivity index (χ0n) is 10.6. The van der Waals surface area contributed by atoms with Crippen LogP contribution in [0.5, 0.6) is 0 Å². The number of hydrogen-bond donors (Lipinski definition) is 2. The molecule has 1 amide bonds. The van der Waals surface area contributed by atoms with Crippen LogP contribution in [0.3, 0.4) is 0 Å². The lowest BCUT2D eigenvalue weighted by Crippen LogP contribution is -2.35. The predicted octanol–water partition coefficient (Wildman–Crippen LogP) is 0.385. The maximum absolute atomic E-state index is 12.3. The topological polar surface area (TPSA) is 76.1 Å². The first-order valence-electron chi connectivity index (χ1n) is 6.22. The second-order valence-corrected chi connectivity index (χ2v) is 4.76. The minimum Gasteiger partial charge on any atom is -0.379 e. The summed E-state index contributed by atoms with van der Waals surface area (Å²) in [5.74, 6) is -0.171. The van der Waals surface area contributed by atoms with E-state index in [-0.39, 0.29) is 17.5 Å². The molecule has 0 aliphatic carbocycles. The van der Waals surface area contributed by atoms with Crippen molar-refractivity contribution in [3.8, 4) is 0 Å². The molecule has 1 atom stereocenters. The monoisotopic (exact) mass is 261 g/mol.